The first kappa shape index (κ1) is 10.7. The maximum Gasteiger partial charge on any atom is 0.234 e. The van der Waals surface area contributed by atoms with E-state index < -0.39 is 0 Å². The number of alkyl halides is 1. The fraction of sp³-hybridized carbons (Fsp3) is 0.417. The second-order valence-corrected chi connectivity index (χ2v) is 5.05. The zero-order chi connectivity index (χ0) is 10.7. The zero-order valence-electron chi connectivity index (χ0n) is 8.45. The third-order valence-corrected chi connectivity index (χ3v) is 3.21. The van der Waals surface area contributed by atoms with E-state index in [1.165, 1.54) is 5.56 Å². The van der Waals surface area contributed by atoms with E-state index in [2.05, 4.69) is 21.2 Å². The van der Waals surface area contributed by atoms with E-state index in [-0.39, 0.29) is 10.7 Å². The SMILES string of the molecule is O=C(NC1CC1)C(Br)Cc1ccccc1. The highest BCUT2D eigenvalue weighted by atomic mass is 79.9. The number of carbonyl (C=O) groups is 1. The van der Waals surface area contributed by atoms with Crippen LogP contribution in [0.3, 0.4) is 0 Å². The van der Waals surface area contributed by atoms with Gasteiger partial charge in [-0.05, 0) is 24.8 Å². The lowest BCUT2D eigenvalue weighted by Gasteiger charge is -2.09. The van der Waals surface area contributed by atoms with Gasteiger partial charge in [-0.2, -0.15) is 0 Å². The smallest absolute Gasteiger partial charge is 0.234 e. The van der Waals surface area contributed by atoms with Gasteiger partial charge in [-0.1, -0.05) is 46.3 Å². The van der Waals surface area contributed by atoms with Gasteiger partial charge in [0.05, 0.1) is 4.83 Å². The minimum absolute atomic E-state index is 0.111. The molecule has 15 heavy (non-hydrogen) atoms. The molecule has 0 aromatic heterocycles. The van der Waals surface area contributed by atoms with Gasteiger partial charge in [-0.25, -0.2) is 0 Å². The first-order chi connectivity index (χ1) is 7.25. The maximum atomic E-state index is 11.6. The van der Waals surface area contributed by atoms with E-state index in [1.807, 2.05) is 30.3 Å². The van der Waals surface area contributed by atoms with Crippen molar-refractivity contribution in [1.82, 2.24) is 5.32 Å². The van der Waals surface area contributed by atoms with Crippen LogP contribution in [0.2, 0.25) is 0 Å². The van der Waals surface area contributed by atoms with Crippen molar-refractivity contribution >= 4 is 21.8 Å². The maximum absolute atomic E-state index is 11.6. The van der Waals surface area contributed by atoms with Crippen molar-refractivity contribution in [3.63, 3.8) is 0 Å². The second kappa shape index (κ2) is 4.79. The van der Waals surface area contributed by atoms with E-state index in [0.29, 0.717) is 6.04 Å². The summed E-state index contributed by atoms with van der Waals surface area (Å²) >= 11 is 3.42. The predicted octanol–water partition coefficient (Wildman–Crippen LogP) is 2.27. The Bertz CT molecular complexity index is 335. The third-order valence-electron chi connectivity index (χ3n) is 2.47. The number of rotatable bonds is 4. The van der Waals surface area contributed by atoms with Crippen LogP contribution in [0.1, 0.15) is 18.4 Å². The summed E-state index contributed by atoms with van der Waals surface area (Å²) in [6.07, 6.45) is 3.02. The molecule has 1 fully saturated rings. The van der Waals surface area contributed by atoms with Crippen molar-refractivity contribution in [3.8, 4) is 0 Å². The molecular weight excluding hydrogens is 254 g/mol. The predicted molar refractivity (Wildman–Crippen MR) is 64.0 cm³/mol. The standard InChI is InChI=1S/C12H14BrNO/c13-11(12(15)14-10-6-7-10)8-9-4-2-1-3-5-9/h1-5,10-11H,6-8H2,(H,14,15). The molecule has 0 heterocycles. The van der Waals surface area contributed by atoms with E-state index in [1.54, 1.807) is 0 Å². The van der Waals surface area contributed by atoms with Crippen molar-refractivity contribution in [3.05, 3.63) is 35.9 Å². The van der Waals surface area contributed by atoms with E-state index >= 15 is 0 Å². The molecule has 1 N–H and O–H groups in total. The van der Waals surface area contributed by atoms with Gasteiger partial charge in [0.1, 0.15) is 0 Å². The van der Waals surface area contributed by atoms with Gasteiger partial charge >= 0.3 is 0 Å². The highest BCUT2D eigenvalue weighted by molar-refractivity contribution is 9.10. The number of amides is 1. The monoisotopic (exact) mass is 267 g/mol. The topological polar surface area (TPSA) is 29.1 Å². The minimum atomic E-state index is -0.111. The van der Waals surface area contributed by atoms with Crippen LogP contribution in [0.25, 0.3) is 0 Å². The van der Waals surface area contributed by atoms with Gasteiger partial charge < -0.3 is 5.32 Å². The minimum Gasteiger partial charge on any atom is -0.352 e. The van der Waals surface area contributed by atoms with Crippen LogP contribution in [-0.4, -0.2) is 16.8 Å². The summed E-state index contributed by atoms with van der Waals surface area (Å²) in [6.45, 7) is 0. The van der Waals surface area contributed by atoms with Crippen molar-refractivity contribution in [2.45, 2.75) is 30.1 Å². The Morgan fingerprint density at radius 2 is 2.07 bits per heavy atom. The largest absolute Gasteiger partial charge is 0.352 e. The summed E-state index contributed by atoms with van der Waals surface area (Å²) in [5, 5.41) is 2.99. The molecule has 1 aromatic rings. The number of halogens is 1. The molecule has 2 rings (SSSR count). The summed E-state index contributed by atoms with van der Waals surface area (Å²) in [5.74, 6) is 0.112. The van der Waals surface area contributed by atoms with E-state index in [0.717, 1.165) is 19.3 Å². The molecule has 0 aliphatic heterocycles. The summed E-state index contributed by atoms with van der Waals surface area (Å²) in [4.78, 5) is 11.5. The highest BCUT2D eigenvalue weighted by Crippen LogP contribution is 2.20. The zero-order valence-corrected chi connectivity index (χ0v) is 10.0. The van der Waals surface area contributed by atoms with Gasteiger partial charge in [0.25, 0.3) is 0 Å². The van der Waals surface area contributed by atoms with Gasteiger partial charge in [0.15, 0.2) is 0 Å². The fourth-order valence-electron chi connectivity index (χ4n) is 1.43. The Balaban J connectivity index is 1.85. The lowest BCUT2D eigenvalue weighted by Crippen LogP contribution is -2.33. The molecule has 1 aromatic carbocycles. The van der Waals surface area contributed by atoms with Crippen molar-refractivity contribution in [2.75, 3.05) is 0 Å². The molecule has 1 aliphatic rings. The Kier molecular flexibility index (Phi) is 3.41. The number of hydrogen-bond acceptors (Lipinski definition) is 1. The first-order valence-corrected chi connectivity index (χ1v) is 6.15. The summed E-state index contributed by atoms with van der Waals surface area (Å²) in [7, 11) is 0. The van der Waals surface area contributed by atoms with Gasteiger partial charge in [-0.3, -0.25) is 4.79 Å². The normalized spacial score (nSPS) is 17.1. The second-order valence-electron chi connectivity index (χ2n) is 3.94. The molecule has 1 amide bonds. The van der Waals surface area contributed by atoms with Crippen LogP contribution in [-0.2, 0) is 11.2 Å². The number of hydrogen-bond donors (Lipinski definition) is 1. The van der Waals surface area contributed by atoms with Gasteiger partial charge in [0, 0.05) is 6.04 Å². The van der Waals surface area contributed by atoms with E-state index in [9.17, 15) is 4.79 Å². The molecule has 0 spiro atoms. The highest BCUT2D eigenvalue weighted by Gasteiger charge is 2.26. The lowest BCUT2D eigenvalue weighted by molar-refractivity contribution is -0.120. The van der Waals surface area contributed by atoms with Crippen LogP contribution >= 0.6 is 15.9 Å². The van der Waals surface area contributed by atoms with Crippen molar-refractivity contribution < 1.29 is 4.79 Å². The Morgan fingerprint density at radius 1 is 1.40 bits per heavy atom. The van der Waals surface area contributed by atoms with Crippen LogP contribution < -0.4 is 5.32 Å². The number of nitrogens with one attached hydrogen (secondary N) is 1. The molecule has 0 radical (unpaired) electrons. The molecule has 1 atom stereocenters. The average Bonchev–Trinajstić information content (AvgIpc) is 3.03. The molecule has 2 nitrogen and oxygen atoms in total. The molecule has 1 saturated carbocycles. The molecule has 1 unspecified atom stereocenters. The van der Waals surface area contributed by atoms with Crippen LogP contribution in [0.5, 0.6) is 0 Å². The summed E-state index contributed by atoms with van der Waals surface area (Å²) in [5.41, 5.74) is 1.19. The van der Waals surface area contributed by atoms with E-state index in [4.69, 9.17) is 0 Å². The molecule has 3 heteroatoms. The first-order valence-electron chi connectivity index (χ1n) is 5.24. The average molecular weight is 268 g/mol. The third kappa shape index (κ3) is 3.34. The van der Waals surface area contributed by atoms with Crippen LogP contribution in [0.15, 0.2) is 30.3 Å². The van der Waals surface area contributed by atoms with Crippen molar-refractivity contribution in [2.24, 2.45) is 0 Å². The molecular formula is C12H14BrNO. The van der Waals surface area contributed by atoms with Gasteiger partial charge in [0.2, 0.25) is 5.91 Å². The van der Waals surface area contributed by atoms with Gasteiger partial charge in [-0.15, -0.1) is 0 Å². The number of carbonyl (C=O) groups excluding carboxylic acids is 1. The lowest BCUT2D eigenvalue weighted by atomic mass is 10.1. The summed E-state index contributed by atoms with van der Waals surface area (Å²) < 4.78 is 0. The Labute approximate surface area is 98.2 Å². The quantitative estimate of drug-likeness (QED) is 0.834. The fourth-order valence-corrected chi connectivity index (χ4v) is 1.94. The van der Waals surface area contributed by atoms with Crippen molar-refractivity contribution in [1.29, 1.82) is 0 Å². The Hall–Kier alpha value is -0.830. The number of benzene rings is 1. The Morgan fingerprint density at radius 3 is 2.67 bits per heavy atom. The molecule has 1 aliphatic carbocycles. The summed E-state index contributed by atoms with van der Waals surface area (Å²) in [6, 6.07) is 10.5. The molecule has 0 bridgehead atoms. The van der Waals surface area contributed by atoms with Crippen LogP contribution in [0, 0.1) is 0 Å². The van der Waals surface area contributed by atoms with Crippen LogP contribution in [0.4, 0.5) is 0 Å². The molecule has 0 saturated heterocycles. The molecule has 80 valence electrons.